The average molecular weight is 591 g/mol. The third-order valence-electron chi connectivity index (χ3n) is 5.71. The highest BCUT2D eigenvalue weighted by Gasteiger charge is 2.40. The van der Waals surface area contributed by atoms with Crippen molar-refractivity contribution < 1.29 is 54.1 Å². The number of fused-ring (bicyclic) bond motifs is 1. The molecule has 0 aliphatic carbocycles. The molecule has 0 atom stereocenters. The Morgan fingerprint density at radius 3 is 2.15 bits per heavy atom. The van der Waals surface area contributed by atoms with Gasteiger partial charge in [-0.25, -0.2) is 18.2 Å². The van der Waals surface area contributed by atoms with Gasteiger partial charge >= 0.3 is 12.5 Å². The maximum absolute atomic E-state index is 15.0. The van der Waals surface area contributed by atoms with E-state index in [-0.39, 0.29) is 33.8 Å². The molecule has 1 aliphatic heterocycles. The summed E-state index contributed by atoms with van der Waals surface area (Å²) in [5.74, 6) is -7.10. The average Bonchev–Trinajstić information content (AvgIpc) is 3.31. The first-order valence-electron chi connectivity index (χ1n) is 11.5. The number of thiazole rings is 1. The fourth-order valence-electron chi connectivity index (χ4n) is 3.92. The SMILES string of the molecule is CC1COC(c2ccc(-c3ccc4nc(C(F)(F)Oc5cc(F)c(OC(F)(F)F)c(F)c5)sc4c3)c(F)c2)OC1. The number of hydrogen-bond donors (Lipinski definition) is 0. The van der Waals surface area contributed by atoms with Crippen LogP contribution in [0.2, 0.25) is 0 Å². The van der Waals surface area contributed by atoms with Crippen molar-refractivity contribution in [1.82, 2.24) is 4.98 Å². The first-order valence-corrected chi connectivity index (χ1v) is 12.4. The first kappa shape index (κ1) is 28.1. The second-order valence-corrected chi connectivity index (χ2v) is 9.96. The lowest BCUT2D eigenvalue weighted by Gasteiger charge is -2.27. The van der Waals surface area contributed by atoms with Crippen LogP contribution in [0.3, 0.4) is 0 Å². The summed E-state index contributed by atoms with van der Waals surface area (Å²) >= 11 is 0.474. The monoisotopic (exact) mass is 591 g/mol. The van der Waals surface area contributed by atoms with Gasteiger partial charge in [0.25, 0.3) is 0 Å². The lowest BCUT2D eigenvalue weighted by atomic mass is 10.0. The van der Waals surface area contributed by atoms with Gasteiger partial charge in [-0.15, -0.1) is 24.5 Å². The molecule has 5 rings (SSSR count). The fourth-order valence-corrected chi connectivity index (χ4v) is 4.84. The highest BCUT2D eigenvalue weighted by atomic mass is 32.1. The molecule has 0 unspecified atom stereocenters. The number of benzene rings is 3. The van der Waals surface area contributed by atoms with Crippen molar-refractivity contribution in [2.45, 2.75) is 25.7 Å². The number of ether oxygens (including phenoxy) is 4. The summed E-state index contributed by atoms with van der Waals surface area (Å²) in [5, 5.41) is -0.910. The number of alkyl halides is 5. The van der Waals surface area contributed by atoms with Crippen LogP contribution in [-0.4, -0.2) is 24.6 Å². The second kappa shape index (κ2) is 10.5. The van der Waals surface area contributed by atoms with Crippen molar-refractivity contribution in [3.05, 3.63) is 76.6 Å². The van der Waals surface area contributed by atoms with Crippen LogP contribution < -0.4 is 9.47 Å². The van der Waals surface area contributed by atoms with E-state index in [0.717, 1.165) is 0 Å². The normalized spacial score (nSPS) is 18.2. The third-order valence-corrected chi connectivity index (χ3v) is 6.78. The van der Waals surface area contributed by atoms with Gasteiger partial charge in [0.05, 0.1) is 23.4 Å². The minimum Gasteiger partial charge on any atom is -0.427 e. The zero-order chi connectivity index (χ0) is 28.8. The fraction of sp³-hybridized carbons (Fsp3) is 0.269. The lowest BCUT2D eigenvalue weighted by molar-refractivity contribution is -0.276. The summed E-state index contributed by atoms with van der Waals surface area (Å²) in [5.41, 5.74) is 1.13. The summed E-state index contributed by atoms with van der Waals surface area (Å²) in [6, 6.07) is 8.94. The van der Waals surface area contributed by atoms with E-state index in [2.05, 4.69) is 14.5 Å². The Kier molecular flexibility index (Phi) is 7.35. The molecule has 5 nitrogen and oxygen atoms in total. The van der Waals surface area contributed by atoms with E-state index < -0.39 is 52.7 Å². The van der Waals surface area contributed by atoms with Gasteiger partial charge in [-0.05, 0) is 23.8 Å². The molecule has 4 aromatic rings. The Labute approximate surface area is 224 Å². The largest absolute Gasteiger partial charge is 0.573 e. The molecule has 1 aromatic heterocycles. The Hall–Kier alpha value is -3.49. The van der Waals surface area contributed by atoms with Crippen LogP contribution in [0.15, 0.2) is 48.5 Å². The molecule has 0 spiro atoms. The Morgan fingerprint density at radius 1 is 0.850 bits per heavy atom. The lowest BCUT2D eigenvalue weighted by Crippen LogP contribution is -2.25. The predicted molar refractivity (Wildman–Crippen MR) is 126 cm³/mol. The van der Waals surface area contributed by atoms with E-state index >= 15 is 0 Å². The van der Waals surface area contributed by atoms with Crippen LogP contribution in [0.25, 0.3) is 21.3 Å². The predicted octanol–water partition coefficient (Wildman–Crippen LogP) is 8.09. The Balaban J connectivity index is 1.37. The molecule has 0 radical (unpaired) electrons. The van der Waals surface area contributed by atoms with Crippen LogP contribution in [-0.2, 0) is 15.6 Å². The van der Waals surface area contributed by atoms with Crippen LogP contribution in [0.1, 0.15) is 23.8 Å². The van der Waals surface area contributed by atoms with Gasteiger partial charge in [-0.2, -0.15) is 8.78 Å². The van der Waals surface area contributed by atoms with Crippen molar-refractivity contribution in [2.24, 2.45) is 5.92 Å². The van der Waals surface area contributed by atoms with Crippen LogP contribution in [0.5, 0.6) is 11.5 Å². The summed E-state index contributed by atoms with van der Waals surface area (Å²) < 4.78 is 128. The minimum absolute atomic E-state index is 0.105. The van der Waals surface area contributed by atoms with E-state index in [4.69, 9.17) is 9.47 Å². The molecule has 0 N–H and O–H groups in total. The molecule has 3 aromatic carbocycles. The van der Waals surface area contributed by atoms with E-state index in [9.17, 15) is 35.1 Å². The molecule has 1 aliphatic rings. The van der Waals surface area contributed by atoms with Gasteiger partial charge in [0.15, 0.2) is 17.9 Å². The number of rotatable bonds is 6. The van der Waals surface area contributed by atoms with Gasteiger partial charge in [0.2, 0.25) is 10.8 Å². The van der Waals surface area contributed by atoms with Crippen molar-refractivity contribution in [2.75, 3.05) is 13.2 Å². The first-order chi connectivity index (χ1) is 18.8. The standard InChI is InChI=1S/C26H17F8NO4S/c1-12-10-36-23(37-11-12)14-2-4-16(17(27)6-14)13-3-5-20-21(7-13)40-24(35-20)25(30,31)38-15-8-18(28)22(19(29)9-15)39-26(32,33)34/h2-9,12,23H,10-11H2,1H3. The van der Waals surface area contributed by atoms with Gasteiger partial charge in [-0.1, -0.05) is 25.1 Å². The Morgan fingerprint density at radius 2 is 1.52 bits per heavy atom. The van der Waals surface area contributed by atoms with Crippen molar-refractivity contribution >= 4 is 21.6 Å². The Bertz CT molecular complexity index is 1530. The van der Waals surface area contributed by atoms with E-state index in [1.807, 2.05) is 6.92 Å². The van der Waals surface area contributed by atoms with E-state index in [1.54, 1.807) is 6.07 Å². The molecular weight excluding hydrogens is 574 g/mol. The third kappa shape index (κ3) is 5.98. The van der Waals surface area contributed by atoms with Gasteiger partial charge in [-0.3, -0.25) is 0 Å². The summed E-state index contributed by atoms with van der Waals surface area (Å²) in [6.45, 7) is 2.89. The molecular formula is C26H17F8NO4S. The molecule has 1 fully saturated rings. The molecule has 1 saturated heterocycles. The highest BCUT2D eigenvalue weighted by molar-refractivity contribution is 7.18. The molecule has 2 heterocycles. The summed E-state index contributed by atoms with van der Waals surface area (Å²) in [7, 11) is 0. The van der Waals surface area contributed by atoms with Crippen molar-refractivity contribution in [3.8, 4) is 22.6 Å². The van der Waals surface area contributed by atoms with Gasteiger partial charge in [0, 0.05) is 29.2 Å². The van der Waals surface area contributed by atoms with E-state index in [1.165, 1.54) is 30.3 Å². The van der Waals surface area contributed by atoms with Crippen molar-refractivity contribution in [1.29, 1.82) is 0 Å². The molecule has 0 amide bonds. The van der Waals surface area contributed by atoms with Crippen LogP contribution in [0, 0.1) is 23.4 Å². The van der Waals surface area contributed by atoms with Gasteiger partial charge < -0.3 is 18.9 Å². The molecule has 0 saturated carbocycles. The number of aromatic nitrogens is 1. The topological polar surface area (TPSA) is 49.8 Å². The molecule has 212 valence electrons. The summed E-state index contributed by atoms with van der Waals surface area (Å²) in [4.78, 5) is 3.79. The van der Waals surface area contributed by atoms with Gasteiger partial charge in [0.1, 0.15) is 11.6 Å². The molecule has 0 bridgehead atoms. The minimum atomic E-state index is -5.41. The van der Waals surface area contributed by atoms with Crippen molar-refractivity contribution in [3.63, 3.8) is 0 Å². The smallest absolute Gasteiger partial charge is 0.427 e. The zero-order valence-electron chi connectivity index (χ0n) is 20.2. The summed E-state index contributed by atoms with van der Waals surface area (Å²) in [6.07, 6.45) is -10.3. The maximum Gasteiger partial charge on any atom is 0.573 e. The number of nitrogens with zero attached hydrogens (tertiary/aromatic N) is 1. The molecule has 14 heteroatoms. The van der Waals surface area contributed by atoms with Crippen LogP contribution >= 0.6 is 11.3 Å². The molecule has 40 heavy (non-hydrogen) atoms. The maximum atomic E-state index is 15.0. The highest BCUT2D eigenvalue weighted by Crippen LogP contribution is 2.40. The van der Waals surface area contributed by atoms with E-state index in [0.29, 0.717) is 35.7 Å². The number of hydrogen-bond acceptors (Lipinski definition) is 6. The quantitative estimate of drug-likeness (QED) is 0.212. The van der Waals surface area contributed by atoms with Crippen LogP contribution in [0.4, 0.5) is 35.1 Å². The zero-order valence-corrected chi connectivity index (χ0v) is 21.0. The second-order valence-electron chi connectivity index (χ2n) is 8.93. The number of halogens is 8.